The van der Waals surface area contributed by atoms with Crippen molar-refractivity contribution in [1.29, 1.82) is 0 Å². The van der Waals surface area contributed by atoms with E-state index in [9.17, 15) is 23.1 Å². The van der Waals surface area contributed by atoms with Crippen LogP contribution in [-0.4, -0.2) is 64.0 Å². The summed E-state index contributed by atoms with van der Waals surface area (Å²) in [5, 5.41) is 14.4. The van der Waals surface area contributed by atoms with Gasteiger partial charge in [-0.05, 0) is 66.8 Å². The van der Waals surface area contributed by atoms with Crippen LogP contribution in [0.25, 0.3) is 27.7 Å². The van der Waals surface area contributed by atoms with E-state index in [1.807, 2.05) is 43.3 Å². The first-order chi connectivity index (χ1) is 19.6. The van der Waals surface area contributed by atoms with Gasteiger partial charge in [0.1, 0.15) is 12.6 Å². The molecule has 1 saturated heterocycles. The Kier molecular flexibility index (Phi) is 6.96. The Morgan fingerprint density at radius 2 is 1.83 bits per heavy atom. The van der Waals surface area contributed by atoms with Gasteiger partial charge in [0.2, 0.25) is 0 Å². The Morgan fingerprint density at radius 3 is 2.54 bits per heavy atom. The highest BCUT2D eigenvalue weighted by Gasteiger charge is 2.54. The van der Waals surface area contributed by atoms with Gasteiger partial charge in [-0.3, -0.25) is 14.3 Å². The van der Waals surface area contributed by atoms with Gasteiger partial charge in [0.05, 0.1) is 41.0 Å². The molecule has 3 aromatic carbocycles. The summed E-state index contributed by atoms with van der Waals surface area (Å²) < 4.78 is 50.6. The fourth-order valence-electron chi connectivity index (χ4n) is 5.54. The lowest BCUT2D eigenvalue weighted by molar-refractivity contribution is -0.274. The maximum atomic E-state index is 13.5. The predicted molar refractivity (Wildman–Crippen MR) is 148 cm³/mol. The lowest BCUT2D eigenvalue weighted by Gasteiger charge is -2.38. The minimum Gasteiger partial charge on any atom is -0.404 e. The number of nitrogens with one attached hydrogen (secondary N) is 1. The number of aliphatic hydroxyl groups excluding tert-OH is 1. The topological polar surface area (TPSA) is 88.8 Å². The number of halogens is 3. The van der Waals surface area contributed by atoms with Gasteiger partial charge < -0.3 is 19.9 Å². The number of hydrogen-bond donors (Lipinski definition) is 2. The second-order valence-electron chi connectivity index (χ2n) is 10.4. The van der Waals surface area contributed by atoms with Crippen LogP contribution in [0.3, 0.4) is 0 Å². The minimum absolute atomic E-state index is 0.0891. The van der Waals surface area contributed by atoms with Crippen molar-refractivity contribution in [2.24, 2.45) is 0 Å². The molecule has 11 heteroatoms. The Labute approximate surface area is 234 Å². The maximum absolute atomic E-state index is 13.5. The van der Waals surface area contributed by atoms with Gasteiger partial charge in [0.25, 0.3) is 5.56 Å². The molecule has 8 nitrogen and oxygen atoms in total. The fourth-order valence-corrected chi connectivity index (χ4v) is 5.54. The molecule has 0 amide bonds. The van der Waals surface area contributed by atoms with Crippen LogP contribution in [0.1, 0.15) is 18.4 Å². The van der Waals surface area contributed by atoms with Crippen molar-refractivity contribution in [3.63, 3.8) is 0 Å². The molecule has 1 aromatic heterocycles. The number of ether oxygens (including phenoxy) is 2. The van der Waals surface area contributed by atoms with E-state index in [4.69, 9.17) is 4.74 Å². The number of aliphatic hydroxyl groups is 1. The summed E-state index contributed by atoms with van der Waals surface area (Å²) in [5.74, 6) is -0.511. The first-order valence-electron chi connectivity index (χ1n) is 13.4. The van der Waals surface area contributed by atoms with Gasteiger partial charge in [-0.15, -0.1) is 13.2 Å². The molecule has 1 atom stereocenters. The third-order valence-corrected chi connectivity index (χ3v) is 7.89. The average molecular weight is 567 g/mol. The minimum atomic E-state index is -4.94. The molecule has 0 spiro atoms. The van der Waals surface area contributed by atoms with Crippen LogP contribution in [0, 0.1) is 6.92 Å². The van der Waals surface area contributed by atoms with E-state index in [0.717, 1.165) is 22.8 Å². The normalized spacial score (nSPS) is 17.8. The monoisotopic (exact) mass is 566 g/mol. The summed E-state index contributed by atoms with van der Waals surface area (Å²) in [6, 6.07) is 17.1. The first-order valence-corrected chi connectivity index (χ1v) is 13.4. The summed E-state index contributed by atoms with van der Waals surface area (Å²) in [5.41, 5.74) is 2.73. The Bertz CT molecular complexity index is 1650. The van der Waals surface area contributed by atoms with Gasteiger partial charge in [-0.25, -0.2) is 4.98 Å². The number of nitrogens with zero attached hydrogens (tertiary/aromatic N) is 3. The van der Waals surface area contributed by atoms with Crippen molar-refractivity contribution in [3.8, 4) is 22.6 Å². The Balaban J connectivity index is 1.35. The lowest BCUT2D eigenvalue weighted by Crippen LogP contribution is -2.53. The number of fused-ring (bicyclic) bond motifs is 1. The summed E-state index contributed by atoms with van der Waals surface area (Å²) in [6.45, 7) is 4.29. The van der Waals surface area contributed by atoms with Gasteiger partial charge in [-0.1, -0.05) is 30.3 Å². The molecule has 1 saturated carbocycles. The number of hydrogen-bond acceptors (Lipinski definition) is 7. The van der Waals surface area contributed by atoms with Gasteiger partial charge >= 0.3 is 6.36 Å². The average Bonchev–Trinajstić information content (AvgIpc) is 3.77. The standard InChI is InChI=1S/C30H29F3N4O4/c1-19-4-2-3-5-22(19)20-6-8-23-24(16-20)34-18-37(27(23)38)21-7-9-26(41-30(31,32)33)25(17-21)35-28(39)29(10-11-29)36-12-14-40-15-13-36/h2-9,16-18,28,35,39H,10-15H2,1H3. The zero-order chi connectivity index (χ0) is 28.8. The van der Waals surface area contributed by atoms with Crippen LogP contribution in [-0.2, 0) is 4.74 Å². The molecular formula is C30H29F3N4O4. The molecule has 2 heterocycles. The number of rotatable bonds is 7. The van der Waals surface area contributed by atoms with Gasteiger partial charge in [0, 0.05) is 13.1 Å². The van der Waals surface area contributed by atoms with E-state index in [1.165, 1.54) is 23.0 Å². The molecule has 0 radical (unpaired) electrons. The third-order valence-electron chi connectivity index (χ3n) is 7.89. The van der Waals surface area contributed by atoms with Crippen molar-refractivity contribution in [1.82, 2.24) is 14.5 Å². The predicted octanol–water partition coefficient (Wildman–Crippen LogP) is 4.85. The molecular weight excluding hydrogens is 537 g/mol. The molecule has 0 bridgehead atoms. The van der Waals surface area contributed by atoms with Crippen LogP contribution in [0.2, 0.25) is 0 Å². The Hall–Kier alpha value is -3.93. The van der Waals surface area contributed by atoms with E-state index in [0.29, 0.717) is 50.0 Å². The molecule has 4 aromatic rings. The van der Waals surface area contributed by atoms with Crippen molar-refractivity contribution in [2.75, 3.05) is 31.6 Å². The number of aryl methyl sites for hydroxylation is 1. The van der Waals surface area contributed by atoms with Crippen LogP contribution in [0.4, 0.5) is 18.9 Å². The summed E-state index contributed by atoms with van der Waals surface area (Å²) in [4.78, 5) is 20.1. The highest BCUT2D eigenvalue weighted by molar-refractivity contribution is 5.84. The van der Waals surface area contributed by atoms with E-state index >= 15 is 0 Å². The molecule has 1 aliphatic heterocycles. The number of aromatic nitrogens is 2. The molecule has 2 N–H and O–H groups in total. The lowest BCUT2D eigenvalue weighted by atomic mass is 10.00. The largest absolute Gasteiger partial charge is 0.573 e. The quantitative estimate of drug-likeness (QED) is 0.309. The third kappa shape index (κ3) is 5.40. The van der Waals surface area contributed by atoms with Crippen molar-refractivity contribution in [2.45, 2.75) is 37.9 Å². The molecule has 1 unspecified atom stereocenters. The zero-order valence-corrected chi connectivity index (χ0v) is 22.3. The van der Waals surface area contributed by atoms with Gasteiger partial charge in [-0.2, -0.15) is 0 Å². The van der Waals surface area contributed by atoms with Crippen LogP contribution in [0.5, 0.6) is 5.75 Å². The molecule has 41 heavy (non-hydrogen) atoms. The molecule has 2 fully saturated rings. The molecule has 214 valence electrons. The zero-order valence-electron chi connectivity index (χ0n) is 22.3. The molecule has 2 aliphatic rings. The van der Waals surface area contributed by atoms with E-state index < -0.39 is 23.9 Å². The highest BCUT2D eigenvalue weighted by atomic mass is 19.4. The van der Waals surface area contributed by atoms with E-state index in [1.54, 1.807) is 6.07 Å². The Morgan fingerprint density at radius 1 is 1.07 bits per heavy atom. The maximum Gasteiger partial charge on any atom is 0.573 e. The van der Waals surface area contributed by atoms with Crippen molar-refractivity contribution < 1.29 is 27.8 Å². The van der Waals surface area contributed by atoms with E-state index in [-0.39, 0.29) is 16.9 Å². The molecule has 1 aliphatic carbocycles. The van der Waals surface area contributed by atoms with Crippen LogP contribution >= 0.6 is 0 Å². The molecule has 6 rings (SSSR count). The second-order valence-corrected chi connectivity index (χ2v) is 10.4. The van der Waals surface area contributed by atoms with Crippen LogP contribution < -0.4 is 15.6 Å². The SMILES string of the molecule is Cc1ccccc1-c1ccc2c(=O)n(-c3ccc(OC(F)(F)F)c(NC(O)C4(N5CCOCC5)CC4)c3)cnc2c1. The van der Waals surface area contributed by atoms with Crippen molar-refractivity contribution in [3.05, 3.63) is 82.9 Å². The summed E-state index contributed by atoms with van der Waals surface area (Å²) >= 11 is 0. The summed E-state index contributed by atoms with van der Waals surface area (Å²) in [6.07, 6.45) is -3.38. The highest BCUT2D eigenvalue weighted by Crippen LogP contribution is 2.46. The van der Waals surface area contributed by atoms with Gasteiger partial charge in [0.15, 0.2) is 5.75 Å². The number of anilines is 1. The second kappa shape index (κ2) is 10.5. The number of benzene rings is 3. The fraction of sp³-hybridized carbons (Fsp3) is 0.333. The van der Waals surface area contributed by atoms with Crippen molar-refractivity contribution >= 4 is 16.6 Å². The number of morpholine rings is 1. The summed E-state index contributed by atoms with van der Waals surface area (Å²) in [7, 11) is 0. The first kappa shape index (κ1) is 27.3. The van der Waals surface area contributed by atoms with Crippen LogP contribution in [0.15, 0.2) is 71.8 Å². The smallest absolute Gasteiger partial charge is 0.404 e. The van der Waals surface area contributed by atoms with E-state index in [2.05, 4.69) is 19.9 Å². The number of alkyl halides is 3.